The van der Waals surface area contributed by atoms with Crippen LogP contribution < -0.4 is 13.9 Å². The second-order valence-electron chi connectivity index (χ2n) is 5.43. The molecule has 0 bridgehead atoms. The summed E-state index contributed by atoms with van der Waals surface area (Å²) in [5, 5.41) is 2.97. The molecule has 0 fully saturated rings. The molecule has 2 aromatic carbocycles. The molecule has 0 unspecified atom stereocenters. The Morgan fingerprint density at radius 3 is 2.58 bits per heavy atom. The van der Waals surface area contributed by atoms with Crippen molar-refractivity contribution < 1.29 is 17.9 Å². The number of nitrogens with zero attached hydrogens (tertiary/aromatic N) is 2. The molecular weight excluding hydrogens is 336 g/mol. The first-order chi connectivity index (χ1) is 11.5. The molecule has 24 heavy (non-hydrogen) atoms. The van der Waals surface area contributed by atoms with E-state index in [9.17, 15) is 17.9 Å². The number of benzene rings is 2. The maximum Gasteiger partial charge on any atom is 0.150 e. The molecule has 0 radical (unpaired) electrons. The summed E-state index contributed by atoms with van der Waals surface area (Å²) in [6.45, 7) is 0.901. The van der Waals surface area contributed by atoms with Crippen LogP contribution in [-0.4, -0.2) is 29.2 Å². The number of para-hydroxylation sites is 1. The van der Waals surface area contributed by atoms with Crippen LogP contribution in [0.25, 0.3) is 0 Å². The van der Waals surface area contributed by atoms with E-state index in [1.165, 1.54) is 38.9 Å². The summed E-state index contributed by atoms with van der Waals surface area (Å²) in [4.78, 5) is 0. The SMILES string of the molecule is CNCCCN1c2c(F)cccc2N(c2cccc(F)c2)S1(O)O. The standard InChI is InChI=1S/C16H19F2N3O2S/c1-19-9-4-10-20-16-14(18)7-3-8-15(16)21(24(20,22)23)13-6-2-5-12(17)11-13/h2-3,5-8,11,19,22-23H,4,9-10H2,1H3. The maximum atomic E-state index is 14.4. The molecule has 0 atom stereocenters. The van der Waals surface area contributed by atoms with Crippen molar-refractivity contribution in [3.8, 4) is 0 Å². The van der Waals surface area contributed by atoms with E-state index in [0.717, 1.165) is 0 Å². The Morgan fingerprint density at radius 1 is 1.12 bits per heavy atom. The fourth-order valence-electron chi connectivity index (χ4n) is 2.78. The van der Waals surface area contributed by atoms with E-state index in [1.54, 1.807) is 19.2 Å². The molecule has 0 saturated carbocycles. The van der Waals surface area contributed by atoms with Gasteiger partial charge in [0, 0.05) is 6.54 Å². The van der Waals surface area contributed by atoms with Gasteiger partial charge >= 0.3 is 0 Å². The van der Waals surface area contributed by atoms with Crippen LogP contribution in [0.1, 0.15) is 6.42 Å². The van der Waals surface area contributed by atoms with Crippen LogP contribution in [0.15, 0.2) is 42.5 Å². The monoisotopic (exact) mass is 355 g/mol. The van der Waals surface area contributed by atoms with Crippen molar-refractivity contribution in [1.82, 2.24) is 5.32 Å². The van der Waals surface area contributed by atoms with Crippen molar-refractivity contribution in [2.75, 3.05) is 28.7 Å². The lowest BCUT2D eigenvalue weighted by Gasteiger charge is -2.43. The van der Waals surface area contributed by atoms with Gasteiger partial charge in [0.2, 0.25) is 0 Å². The van der Waals surface area contributed by atoms with Gasteiger partial charge in [0.1, 0.15) is 17.3 Å². The lowest BCUT2D eigenvalue weighted by Crippen LogP contribution is -2.33. The summed E-state index contributed by atoms with van der Waals surface area (Å²) >= 11 is 0. The average Bonchev–Trinajstić information content (AvgIpc) is 2.76. The van der Waals surface area contributed by atoms with E-state index in [1.807, 2.05) is 0 Å². The zero-order chi connectivity index (χ0) is 17.3. The maximum absolute atomic E-state index is 14.4. The molecule has 0 aliphatic carbocycles. The molecule has 0 amide bonds. The summed E-state index contributed by atoms with van der Waals surface area (Å²) in [6.07, 6.45) is 0.594. The molecule has 2 aromatic rings. The van der Waals surface area contributed by atoms with Crippen molar-refractivity contribution in [3.63, 3.8) is 0 Å². The largest absolute Gasteiger partial charge is 0.320 e. The van der Waals surface area contributed by atoms with Crippen molar-refractivity contribution >= 4 is 28.0 Å². The highest BCUT2D eigenvalue weighted by Crippen LogP contribution is 2.64. The van der Waals surface area contributed by atoms with Gasteiger partial charge in [-0.05, 0) is 61.3 Å². The fraction of sp³-hybridized carbons (Fsp3) is 0.250. The third kappa shape index (κ3) is 2.82. The van der Waals surface area contributed by atoms with Gasteiger partial charge < -0.3 is 5.32 Å². The van der Waals surface area contributed by atoms with Gasteiger partial charge in [0.05, 0.1) is 11.4 Å². The normalized spacial score (nSPS) is 17.0. The second kappa shape index (κ2) is 6.56. The summed E-state index contributed by atoms with van der Waals surface area (Å²) in [7, 11) is -1.74. The molecule has 1 aliphatic rings. The van der Waals surface area contributed by atoms with Gasteiger partial charge in [0.25, 0.3) is 0 Å². The highest BCUT2D eigenvalue weighted by Gasteiger charge is 2.43. The van der Waals surface area contributed by atoms with Gasteiger partial charge in [-0.25, -0.2) is 17.4 Å². The number of fused-ring (bicyclic) bond motifs is 1. The zero-order valence-electron chi connectivity index (χ0n) is 13.1. The molecular formula is C16H19F2N3O2S. The second-order valence-corrected chi connectivity index (χ2v) is 7.22. The number of hydrogen-bond acceptors (Lipinski definition) is 5. The first-order valence-corrected chi connectivity index (χ1v) is 8.97. The van der Waals surface area contributed by atoms with E-state index in [4.69, 9.17) is 0 Å². The summed E-state index contributed by atoms with van der Waals surface area (Å²) in [5.41, 5.74) is 0.695. The highest BCUT2D eigenvalue weighted by atomic mass is 32.3. The number of anilines is 3. The molecule has 1 heterocycles. The predicted octanol–water partition coefficient (Wildman–Crippen LogP) is 4.11. The van der Waals surface area contributed by atoms with Crippen LogP contribution in [0.2, 0.25) is 0 Å². The Kier molecular flexibility index (Phi) is 4.64. The molecule has 5 nitrogen and oxygen atoms in total. The van der Waals surface area contributed by atoms with Gasteiger partial charge in [-0.3, -0.25) is 9.11 Å². The Balaban J connectivity index is 2.09. The number of rotatable bonds is 5. The van der Waals surface area contributed by atoms with Crippen LogP contribution in [0, 0.1) is 11.6 Å². The zero-order valence-corrected chi connectivity index (χ0v) is 13.9. The lowest BCUT2D eigenvalue weighted by atomic mass is 10.2. The van der Waals surface area contributed by atoms with Gasteiger partial charge in [-0.2, -0.15) is 0 Å². The highest BCUT2D eigenvalue weighted by molar-refractivity contribution is 8.27. The number of hydrogen-bond donors (Lipinski definition) is 3. The van der Waals surface area contributed by atoms with Crippen LogP contribution in [0.3, 0.4) is 0 Å². The molecule has 3 N–H and O–H groups in total. The van der Waals surface area contributed by atoms with Crippen LogP contribution in [0.4, 0.5) is 25.8 Å². The first-order valence-electron chi connectivity index (χ1n) is 7.51. The van der Waals surface area contributed by atoms with Crippen molar-refractivity contribution in [1.29, 1.82) is 0 Å². The molecule has 8 heteroatoms. The van der Waals surface area contributed by atoms with E-state index in [-0.39, 0.29) is 17.9 Å². The van der Waals surface area contributed by atoms with Gasteiger partial charge in [-0.15, -0.1) is 0 Å². The average molecular weight is 355 g/mol. The van der Waals surface area contributed by atoms with E-state index in [0.29, 0.717) is 18.7 Å². The Bertz CT molecular complexity index is 745. The smallest absolute Gasteiger partial charge is 0.150 e. The van der Waals surface area contributed by atoms with Crippen LogP contribution >= 0.6 is 11.0 Å². The third-order valence-corrected chi connectivity index (χ3v) is 5.66. The predicted molar refractivity (Wildman–Crippen MR) is 93.7 cm³/mol. The Labute approximate surface area is 141 Å². The minimum atomic E-state index is -3.53. The minimum Gasteiger partial charge on any atom is -0.320 e. The van der Waals surface area contributed by atoms with E-state index in [2.05, 4.69) is 5.32 Å². The quantitative estimate of drug-likeness (QED) is 0.705. The number of nitrogens with one attached hydrogen (secondary N) is 1. The third-order valence-electron chi connectivity index (χ3n) is 3.81. The Morgan fingerprint density at radius 2 is 1.88 bits per heavy atom. The van der Waals surface area contributed by atoms with Crippen molar-refractivity contribution in [2.45, 2.75) is 6.42 Å². The summed E-state index contributed by atoms with van der Waals surface area (Å²) < 4.78 is 52.0. The number of halogens is 2. The van der Waals surface area contributed by atoms with Gasteiger partial charge in [-0.1, -0.05) is 12.1 Å². The van der Waals surface area contributed by atoms with Crippen LogP contribution in [0.5, 0.6) is 0 Å². The van der Waals surface area contributed by atoms with Crippen molar-refractivity contribution in [3.05, 3.63) is 54.1 Å². The van der Waals surface area contributed by atoms with Gasteiger partial charge in [0.15, 0.2) is 0 Å². The molecule has 3 rings (SSSR count). The van der Waals surface area contributed by atoms with E-state index >= 15 is 0 Å². The van der Waals surface area contributed by atoms with Crippen molar-refractivity contribution in [2.24, 2.45) is 0 Å². The molecule has 130 valence electrons. The first kappa shape index (κ1) is 17.0. The summed E-state index contributed by atoms with van der Waals surface area (Å²) in [6, 6.07) is 9.85. The molecule has 0 spiro atoms. The molecule has 0 aromatic heterocycles. The lowest BCUT2D eigenvalue weighted by molar-refractivity contribution is 0.482. The fourth-order valence-corrected chi connectivity index (χ4v) is 4.59. The minimum absolute atomic E-state index is 0.123. The molecule has 0 saturated heterocycles. The van der Waals surface area contributed by atoms with E-state index < -0.39 is 22.6 Å². The Hall–Kier alpha value is -1.87. The molecule has 1 aliphatic heterocycles. The summed E-state index contributed by atoms with van der Waals surface area (Å²) in [5.74, 6) is -1.05. The van der Waals surface area contributed by atoms with Crippen LogP contribution in [-0.2, 0) is 0 Å². The topological polar surface area (TPSA) is 59.0 Å².